The van der Waals surface area contributed by atoms with Crippen LogP contribution in [0, 0.1) is 0 Å². The summed E-state index contributed by atoms with van der Waals surface area (Å²) in [5.74, 6) is 0.798. The van der Waals surface area contributed by atoms with Crippen LogP contribution in [0.25, 0.3) is 11.5 Å². The first kappa shape index (κ1) is 9.45. The molecule has 0 saturated heterocycles. The zero-order valence-corrected chi connectivity index (χ0v) is 8.01. The second-order valence-corrected chi connectivity index (χ2v) is 3.12. The van der Waals surface area contributed by atoms with Gasteiger partial charge in [0.25, 0.3) is 0 Å². The van der Waals surface area contributed by atoms with Crippen molar-refractivity contribution in [2.24, 2.45) is 5.73 Å². The second kappa shape index (κ2) is 3.96. The van der Waals surface area contributed by atoms with E-state index in [-0.39, 0.29) is 6.42 Å². The number of carbonyl (C=O) groups is 1. The van der Waals surface area contributed by atoms with Crippen molar-refractivity contribution in [3.05, 3.63) is 42.3 Å². The Bertz CT molecular complexity index is 462. The Kier molecular flexibility index (Phi) is 2.49. The quantitative estimate of drug-likeness (QED) is 0.817. The molecule has 2 aromatic rings. The molecule has 76 valence electrons. The third-order valence-corrected chi connectivity index (χ3v) is 1.93. The van der Waals surface area contributed by atoms with Crippen LogP contribution < -0.4 is 5.73 Å². The summed E-state index contributed by atoms with van der Waals surface area (Å²) >= 11 is 0. The van der Waals surface area contributed by atoms with Crippen LogP contribution in [0.2, 0.25) is 0 Å². The van der Waals surface area contributed by atoms with Gasteiger partial charge in [0.2, 0.25) is 5.91 Å². The van der Waals surface area contributed by atoms with E-state index in [0.717, 1.165) is 5.69 Å². The number of primary amides is 1. The molecule has 0 atom stereocenters. The molecule has 0 aromatic carbocycles. The maximum absolute atomic E-state index is 10.7. The minimum absolute atomic E-state index is 0.118. The van der Waals surface area contributed by atoms with E-state index in [0.29, 0.717) is 11.5 Å². The van der Waals surface area contributed by atoms with Gasteiger partial charge >= 0.3 is 0 Å². The third kappa shape index (κ3) is 2.22. The molecule has 2 heterocycles. The highest BCUT2D eigenvalue weighted by Gasteiger charge is 2.06. The minimum Gasteiger partial charge on any atom is -0.459 e. The highest BCUT2D eigenvalue weighted by molar-refractivity contribution is 5.76. The number of amides is 1. The van der Waals surface area contributed by atoms with E-state index in [2.05, 4.69) is 4.98 Å². The summed E-state index contributed by atoms with van der Waals surface area (Å²) in [5.41, 5.74) is 5.80. The lowest BCUT2D eigenvalue weighted by atomic mass is 10.3. The minimum atomic E-state index is -0.406. The van der Waals surface area contributed by atoms with E-state index in [1.54, 1.807) is 18.3 Å². The van der Waals surface area contributed by atoms with Crippen LogP contribution in [0.1, 0.15) is 5.76 Å². The first-order chi connectivity index (χ1) is 7.25. The number of hydrogen-bond acceptors (Lipinski definition) is 3. The Morgan fingerprint density at radius 2 is 2.20 bits per heavy atom. The van der Waals surface area contributed by atoms with Gasteiger partial charge in [-0.3, -0.25) is 9.78 Å². The largest absolute Gasteiger partial charge is 0.459 e. The molecule has 0 aliphatic rings. The molecule has 2 aromatic heterocycles. The fourth-order valence-corrected chi connectivity index (χ4v) is 1.29. The normalized spacial score (nSPS) is 10.1. The fourth-order valence-electron chi connectivity index (χ4n) is 1.29. The van der Waals surface area contributed by atoms with Crippen molar-refractivity contribution >= 4 is 5.91 Å². The molecular weight excluding hydrogens is 192 g/mol. The highest BCUT2D eigenvalue weighted by atomic mass is 16.3. The second-order valence-electron chi connectivity index (χ2n) is 3.12. The molecule has 0 spiro atoms. The zero-order valence-electron chi connectivity index (χ0n) is 8.01. The summed E-state index contributed by atoms with van der Waals surface area (Å²) in [6.07, 6.45) is 1.80. The van der Waals surface area contributed by atoms with Gasteiger partial charge in [-0.2, -0.15) is 0 Å². The van der Waals surface area contributed by atoms with Crippen molar-refractivity contribution in [2.75, 3.05) is 0 Å². The fraction of sp³-hybridized carbons (Fsp3) is 0.0909. The summed E-state index contributed by atoms with van der Waals surface area (Å²) in [6, 6.07) is 9.05. The molecule has 0 aliphatic heterocycles. The Hall–Kier alpha value is -2.10. The standard InChI is InChI=1S/C11H10N2O2/c12-11(14)7-8-4-5-10(15-8)9-3-1-2-6-13-9/h1-6H,7H2,(H2,12,14). The average molecular weight is 202 g/mol. The summed E-state index contributed by atoms with van der Waals surface area (Å²) in [6.45, 7) is 0. The van der Waals surface area contributed by atoms with E-state index in [9.17, 15) is 4.79 Å². The van der Waals surface area contributed by atoms with Crippen LogP contribution in [0.15, 0.2) is 40.9 Å². The van der Waals surface area contributed by atoms with Crippen LogP contribution in [0.4, 0.5) is 0 Å². The van der Waals surface area contributed by atoms with Gasteiger partial charge in [-0.1, -0.05) is 6.07 Å². The van der Waals surface area contributed by atoms with Gasteiger partial charge in [-0.25, -0.2) is 0 Å². The molecule has 4 heteroatoms. The number of pyridine rings is 1. The molecule has 4 nitrogen and oxygen atoms in total. The van der Waals surface area contributed by atoms with Gasteiger partial charge in [-0.15, -0.1) is 0 Å². The van der Waals surface area contributed by atoms with E-state index >= 15 is 0 Å². The summed E-state index contributed by atoms with van der Waals surface area (Å²) in [7, 11) is 0. The van der Waals surface area contributed by atoms with Crippen LogP contribution >= 0.6 is 0 Å². The van der Waals surface area contributed by atoms with Gasteiger partial charge in [0.15, 0.2) is 5.76 Å². The number of carbonyl (C=O) groups excluding carboxylic acids is 1. The van der Waals surface area contributed by atoms with Crippen molar-refractivity contribution in [2.45, 2.75) is 6.42 Å². The molecule has 0 unspecified atom stereocenters. The first-order valence-corrected chi connectivity index (χ1v) is 4.54. The number of nitrogens with two attached hydrogens (primary N) is 1. The van der Waals surface area contributed by atoms with E-state index in [4.69, 9.17) is 10.2 Å². The number of nitrogens with zero attached hydrogens (tertiary/aromatic N) is 1. The summed E-state index contributed by atoms with van der Waals surface area (Å²) in [5, 5.41) is 0. The molecule has 15 heavy (non-hydrogen) atoms. The molecule has 0 fully saturated rings. The SMILES string of the molecule is NC(=O)Cc1ccc(-c2ccccn2)o1. The lowest BCUT2D eigenvalue weighted by Gasteiger charge is -1.94. The van der Waals surface area contributed by atoms with Crippen molar-refractivity contribution < 1.29 is 9.21 Å². The van der Waals surface area contributed by atoms with E-state index in [1.807, 2.05) is 18.2 Å². The number of aromatic nitrogens is 1. The Labute approximate surface area is 86.7 Å². The summed E-state index contributed by atoms with van der Waals surface area (Å²) < 4.78 is 5.42. The predicted octanol–water partition coefficient (Wildman–Crippen LogP) is 1.37. The van der Waals surface area contributed by atoms with Gasteiger partial charge in [0.1, 0.15) is 11.5 Å². The highest BCUT2D eigenvalue weighted by Crippen LogP contribution is 2.19. The molecule has 2 rings (SSSR count). The lowest BCUT2D eigenvalue weighted by Crippen LogP contribution is -2.12. The van der Waals surface area contributed by atoms with Crippen LogP contribution in [0.3, 0.4) is 0 Å². The Balaban J connectivity index is 2.24. The number of furan rings is 1. The van der Waals surface area contributed by atoms with Crippen LogP contribution in [0.5, 0.6) is 0 Å². The summed E-state index contributed by atoms with van der Waals surface area (Å²) in [4.78, 5) is 14.8. The van der Waals surface area contributed by atoms with Crippen LogP contribution in [-0.2, 0) is 11.2 Å². The molecule has 0 saturated carbocycles. The maximum atomic E-state index is 10.7. The number of hydrogen-bond donors (Lipinski definition) is 1. The molecule has 2 N–H and O–H groups in total. The van der Waals surface area contributed by atoms with Gasteiger partial charge in [-0.05, 0) is 24.3 Å². The molecule has 0 radical (unpaired) electrons. The van der Waals surface area contributed by atoms with Crippen molar-refractivity contribution in [3.63, 3.8) is 0 Å². The van der Waals surface area contributed by atoms with Crippen LogP contribution in [-0.4, -0.2) is 10.9 Å². The zero-order chi connectivity index (χ0) is 10.7. The smallest absolute Gasteiger partial charge is 0.225 e. The Morgan fingerprint density at radius 1 is 1.33 bits per heavy atom. The molecular formula is C11H10N2O2. The van der Waals surface area contributed by atoms with Gasteiger partial charge in [0.05, 0.1) is 6.42 Å². The monoisotopic (exact) mass is 202 g/mol. The topological polar surface area (TPSA) is 69.1 Å². The van der Waals surface area contributed by atoms with E-state index < -0.39 is 5.91 Å². The Morgan fingerprint density at radius 3 is 2.87 bits per heavy atom. The average Bonchev–Trinajstić information content (AvgIpc) is 2.67. The molecule has 0 aliphatic carbocycles. The lowest BCUT2D eigenvalue weighted by molar-refractivity contribution is -0.117. The first-order valence-electron chi connectivity index (χ1n) is 4.54. The predicted molar refractivity (Wildman–Crippen MR) is 54.8 cm³/mol. The molecule has 0 bridgehead atoms. The van der Waals surface area contributed by atoms with Gasteiger partial charge < -0.3 is 10.2 Å². The third-order valence-electron chi connectivity index (χ3n) is 1.93. The maximum Gasteiger partial charge on any atom is 0.225 e. The van der Waals surface area contributed by atoms with Gasteiger partial charge in [0, 0.05) is 6.20 Å². The van der Waals surface area contributed by atoms with Crippen molar-refractivity contribution in [1.82, 2.24) is 4.98 Å². The number of rotatable bonds is 3. The van der Waals surface area contributed by atoms with E-state index in [1.165, 1.54) is 0 Å². The van der Waals surface area contributed by atoms with Crippen molar-refractivity contribution in [3.8, 4) is 11.5 Å². The molecule has 1 amide bonds. The van der Waals surface area contributed by atoms with Crippen molar-refractivity contribution in [1.29, 1.82) is 0 Å².